The molecule has 0 aliphatic rings. The summed E-state index contributed by atoms with van der Waals surface area (Å²) in [4.78, 5) is 2.68. The fraction of sp³-hybridized carbons (Fsp3) is 0. The van der Waals surface area contributed by atoms with Crippen molar-refractivity contribution in [1.29, 1.82) is 0 Å². The lowest BCUT2D eigenvalue weighted by molar-refractivity contribution is 1.44. The first-order valence-electron chi connectivity index (χ1n) is 2.94. The molecular formula is C6H4I2N4. The molecule has 0 aromatic heterocycles. The second-order valence-corrected chi connectivity index (χ2v) is 4.34. The molecule has 0 fully saturated rings. The van der Waals surface area contributed by atoms with Crippen LogP contribution in [0.4, 0.5) is 11.4 Å². The Bertz CT molecular complexity index is 357. The van der Waals surface area contributed by atoms with Crippen LogP contribution in [0.1, 0.15) is 0 Å². The SMILES string of the molecule is [N-]=[N+]=Nc1cc(I)c(I)cc1N. The van der Waals surface area contributed by atoms with Gasteiger partial charge < -0.3 is 5.73 Å². The van der Waals surface area contributed by atoms with Crippen LogP contribution in [-0.4, -0.2) is 0 Å². The molecular weight excluding hydrogens is 382 g/mol. The molecule has 4 nitrogen and oxygen atoms in total. The van der Waals surface area contributed by atoms with Gasteiger partial charge in [-0.2, -0.15) is 0 Å². The van der Waals surface area contributed by atoms with Crippen molar-refractivity contribution < 1.29 is 0 Å². The molecule has 62 valence electrons. The standard InChI is InChI=1S/C6H4I2N4/c7-3-1-5(9)6(11-12-10)2-4(3)8/h1-2H,9H2. The molecule has 0 heterocycles. The van der Waals surface area contributed by atoms with Gasteiger partial charge in [0.05, 0.1) is 5.69 Å². The fourth-order valence-corrected chi connectivity index (χ4v) is 1.63. The van der Waals surface area contributed by atoms with Gasteiger partial charge in [0.25, 0.3) is 0 Å². The molecule has 12 heavy (non-hydrogen) atoms. The number of rotatable bonds is 1. The number of nitrogens with two attached hydrogens (primary N) is 1. The predicted molar refractivity (Wildman–Crippen MR) is 65.1 cm³/mol. The van der Waals surface area contributed by atoms with E-state index in [1.807, 2.05) is 0 Å². The van der Waals surface area contributed by atoms with E-state index in [0.29, 0.717) is 11.4 Å². The zero-order valence-electron chi connectivity index (χ0n) is 5.83. The highest BCUT2D eigenvalue weighted by molar-refractivity contribution is 14.1. The molecule has 0 atom stereocenters. The highest BCUT2D eigenvalue weighted by atomic mass is 127. The van der Waals surface area contributed by atoms with Gasteiger partial charge in [-0.05, 0) is 62.8 Å². The average molecular weight is 386 g/mol. The predicted octanol–water partition coefficient (Wildman–Crippen LogP) is 3.42. The Morgan fingerprint density at radius 1 is 1.33 bits per heavy atom. The first kappa shape index (κ1) is 9.87. The van der Waals surface area contributed by atoms with E-state index in [-0.39, 0.29) is 0 Å². The van der Waals surface area contributed by atoms with Gasteiger partial charge >= 0.3 is 0 Å². The van der Waals surface area contributed by atoms with E-state index in [1.165, 1.54) is 0 Å². The first-order valence-corrected chi connectivity index (χ1v) is 5.10. The number of hydrogen-bond acceptors (Lipinski definition) is 2. The minimum Gasteiger partial charge on any atom is -0.398 e. The van der Waals surface area contributed by atoms with E-state index < -0.39 is 0 Å². The minimum atomic E-state index is 0.488. The summed E-state index contributed by atoms with van der Waals surface area (Å²) in [5.74, 6) is 0. The van der Waals surface area contributed by atoms with Crippen LogP contribution in [0, 0.1) is 7.14 Å². The molecule has 1 rings (SSSR count). The summed E-state index contributed by atoms with van der Waals surface area (Å²) in [5.41, 5.74) is 14.8. The molecule has 0 aliphatic carbocycles. The van der Waals surface area contributed by atoms with Crippen molar-refractivity contribution in [3.8, 4) is 0 Å². The maximum Gasteiger partial charge on any atom is 0.0616 e. The summed E-state index contributed by atoms with van der Waals surface area (Å²) in [6, 6.07) is 3.55. The Hall–Kier alpha value is -0.210. The lowest BCUT2D eigenvalue weighted by atomic mass is 10.3. The molecule has 2 N–H and O–H groups in total. The Labute approximate surface area is 96.4 Å². The average Bonchev–Trinajstić information content (AvgIpc) is 2.01. The quantitative estimate of drug-likeness (QED) is 0.260. The van der Waals surface area contributed by atoms with Gasteiger partial charge in [0.1, 0.15) is 0 Å². The van der Waals surface area contributed by atoms with Gasteiger partial charge in [-0.3, -0.25) is 0 Å². The smallest absolute Gasteiger partial charge is 0.0616 e. The van der Waals surface area contributed by atoms with Gasteiger partial charge in [-0.25, -0.2) is 0 Å². The molecule has 0 unspecified atom stereocenters. The van der Waals surface area contributed by atoms with E-state index >= 15 is 0 Å². The maximum atomic E-state index is 8.20. The van der Waals surface area contributed by atoms with Crippen molar-refractivity contribution in [3.63, 3.8) is 0 Å². The van der Waals surface area contributed by atoms with E-state index in [2.05, 4.69) is 55.2 Å². The van der Waals surface area contributed by atoms with Crippen LogP contribution in [0.3, 0.4) is 0 Å². The third kappa shape index (κ3) is 2.14. The zero-order valence-corrected chi connectivity index (χ0v) is 10.1. The second-order valence-electron chi connectivity index (χ2n) is 2.01. The second kappa shape index (κ2) is 4.15. The van der Waals surface area contributed by atoms with Gasteiger partial charge in [0.15, 0.2) is 0 Å². The van der Waals surface area contributed by atoms with Crippen LogP contribution in [-0.2, 0) is 0 Å². The molecule has 1 aromatic rings. The molecule has 0 aliphatic heterocycles. The van der Waals surface area contributed by atoms with E-state index in [1.54, 1.807) is 12.1 Å². The van der Waals surface area contributed by atoms with Gasteiger partial charge in [0, 0.05) is 17.7 Å². The molecule has 1 aromatic carbocycles. The fourth-order valence-electron chi connectivity index (χ4n) is 0.687. The summed E-state index contributed by atoms with van der Waals surface area (Å²) < 4.78 is 2.09. The van der Waals surface area contributed by atoms with Crippen LogP contribution in [0.25, 0.3) is 10.4 Å². The molecule has 0 bridgehead atoms. The maximum absolute atomic E-state index is 8.20. The van der Waals surface area contributed by atoms with Crippen molar-refractivity contribution in [2.45, 2.75) is 0 Å². The van der Waals surface area contributed by atoms with Crippen molar-refractivity contribution in [3.05, 3.63) is 29.7 Å². The van der Waals surface area contributed by atoms with Crippen LogP contribution < -0.4 is 5.73 Å². The topological polar surface area (TPSA) is 74.8 Å². The molecule has 0 saturated heterocycles. The largest absolute Gasteiger partial charge is 0.398 e. The monoisotopic (exact) mass is 386 g/mol. The van der Waals surface area contributed by atoms with Crippen LogP contribution in [0.5, 0.6) is 0 Å². The number of hydrogen-bond donors (Lipinski definition) is 1. The van der Waals surface area contributed by atoms with Gasteiger partial charge in [-0.1, -0.05) is 5.11 Å². The zero-order chi connectivity index (χ0) is 9.14. The highest BCUT2D eigenvalue weighted by Gasteiger charge is 2.01. The highest BCUT2D eigenvalue weighted by Crippen LogP contribution is 2.28. The Morgan fingerprint density at radius 3 is 2.50 bits per heavy atom. The van der Waals surface area contributed by atoms with E-state index in [4.69, 9.17) is 11.3 Å². The van der Waals surface area contributed by atoms with Gasteiger partial charge in [0.2, 0.25) is 0 Å². The van der Waals surface area contributed by atoms with Crippen molar-refractivity contribution in [2.24, 2.45) is 5.11 Å². The molecule has 0 radical (unpaired) electrons. The minimum absolute atomic E-state index is 0.488. The third-order valence-corrected chi connectivity index (χ3v) is 4.04. The Kier molecular flexibility index (Phi) is 3.41. The number of halogens is 2. The number of benzene rings is 1. The summed E-state index contributed by atoms with van der Waals surface area (Å²) in [6.07, 6.45) is 0. The lowest BCUT2D eigenvalue weighted by Gasteiger charge is -2.01. The lowest BCUT2D eigenvalue weighted by Crippen LogP contribution is -1.88. The van der Waals surface area contributed by atoms with E-state index in [9.17, 15) is 0 Å². The molecule has 6 heteroatoms. The van der Waals surface area contributed by atoms with Crippen molar-refractivity contribution >= 4 is 56.6 Å². The van der Waals surface area contributed by atoms with Crippen molar-refractivity contribution in [2.75, 3.05) is 5.73 Å². The summed E-state index contributed by atoms with van der Waals surface area (Å²) in [6.45, 7) is 0. The number of azide groups is 1. The summed E-state index contributed by atoms with van der Waals surface area (Å²) >= 11 is 4.33. The van der Waals surface area contributed by atoms with Crippen LogP contribution in [0.2, 0.25) is 0 Å². The van der Waals surface area contributed by atoms with E-state index in [0.717, 1.165) is 7.14 Å². The molecule has 0 saturated carbocycles. The summed E-state index contributed by atoms with van der Waals surface area (Å²) in [5, 5.41) is 3.46. The first-order chi connectivity index (χ1) is 5.65. The van der Waals surface area contributed by atoms with Crippen LogP contribution >= 0.6 is 45.2 Å². The normalized spacial score (nSPS) is 9.17. The van der Waals surface area contributed by atoms with Crippen LogP contribution in [0.15, 0.2) is 17.2 Å². The number of anilines is 1. The van der Waals surface area contributed by atoms with Gasteiger partial charge in [-0.15, -0.1) is 0 Å². The Balaban J connectivity index is 3.32. The van der Waals surface area contributed by atoms with Crippen molar-refractivity contribution in [1.82, 2.24) is 0 Å². The molecule has 0 amide bonds. The third-order valence-electron chi connectivity index (χ3n) is 1.22. The number of nitrogens with zero attached hydrogens (tertiary/aromatic N) is 3. The summed E-state index contributed by atoms with van der Waals surface area (Å²) in [7, 11) is 0. The number of nitrogen functional groups attached to an aromatic ring is 1. The molecule has 0 spiro atoms. The Morgan fingerprint density at radius 2 is 1.92 bits per heavy atom.